The smallest absolute Gasteiger partial charge is 0.253 e. The van der Waals surface area contributed by atoms with Crippen LogP contribution in [0.4, 0.5) is 0 Å². The lowest BCUT2D eigenvalue weighted by atomic mass is 9.93. The monoisotopic (exact) mass is 275 g/mol. The molecule has 2 atom stereocenters. The number of carbonyl (C=O) groups is 1. The number of hydrogen-bond acceptors (Lipinski definition) is 3. The Morgan fingerprint density at radius 3 is 2.65 bits per heavy atom. The maximum Gasteiger partial charge on any atom is 0.253 e. The average molecular weight is 275 g/mol. The Morgan fingerprint density at radius 2 is 2.00 bits per heavy atom. The molecular weight excluding hydrogens is 254 g/mol. The van der Waals surface area contributed by atoms with Gasteiger partial charge in [-0.25, -0.2) is 0 Å². The van der Waals surface area contributed by atoms with E-state index < -0.39 is 0 Å². The quantitative estimate of drug-likeness (QED) is 0.797. The van der Waals surface area contributed by atoms with Crippen LogP contribution in [0.15, 0.2) is 18.2 Å². The van der Waals surface area contributed by atoms with Crippen molar-refractivity contribution in [3.63, 3.8) is 0 Å². The molecule has 1 saturated heterocycles. The van der Waals surface area contributed by atoms with Gasteiger partial charge in [-0.05, 0) is 45.9 Å². The van der Waals surface area contributed by atoms with Crippen molar-refractivity contribution in [2.45, 2.75) is 45.5 Å². The van der Waals surface area contributed by atoms with Crippen LogP contribution in [0.1, 0.15) is 49.7 Å². The van der Waals surface area contributed by atoms with E-state index in [0.717, 1.165) is 24.4 Å². The maximum atomic E-state index is 12.4. The summed E-state index contributed by atoms with van der Waals surface area (Å²) in [5, 5.41) is 0. The molecule has 4 nitrogen and oxygen atoms in total. The third-order valence-corrected chi connectivity index (χ3v) is 4.16. The zero-order valence-corrected chi connectivity index (χ0v) is 12.5. The number of amides is 1. The van der Waals surface area contributed by atoms with Gasteiger partial charge >= 0.3 is 0 Å². The van der Waals surface area contributed by atoms with Crippen LogP contribution in [0.25, 0.3) is 0 Å². The number of nitrogens with zero attached hydrogens (tertiary/aromatic N) is 1. The summed E-state index contributed by atoms with van der Waals surface area (Å²) in [4.78, 5) is 14.2. The van der Waals surface area contributed by atoms with Gasteiger partial charge in [0.25, 0.3) is 5.91 Å². The fourth-order valence-electron chi connectivity index (χ4n) is 2.91. The molecule has 0 spiro atoms. The molecule has 2 heterocycles. The lowest BCUT2D eigenvalue weighted by molar-refractivity contribution is 0.0723. The van der Waals surface area contributed by atoms with Crippen molar-refractivity contribution in [3.05, 3.63) is 29.3 Å². The van der Waals surface area contributed by atoms with E-state index in [-0.39, 0.29) is 23.7 Å². The van der Waals surface area contributed by atoms with Gasteiger partial charge in [0.2, 0.25) is 0 Å². The van der Waals surface area contributed by atoms with Gasteiger partial charge in [0.05, 0.1) is 0 Å². The summed E-state index contributed by atoms with van der Waals surface area (Å²) in [7, 11) is 0. The van der Waals surface area contributed by atoms with Gasteiger partial charge in [-0.1, -0.05) is 0 Å². The molecule has 2 aliphatic rings. The van der Waals surface area contributed by atoms with Crippen molar-refractivity contribution in [3.8, 4) is 5.75 Å². The molecule has 0 saturated carbocycles. The van der Waals surface area contributed by atoms with Gasteiger partial charge in [-0.15, -0.1) is 0 Å². The molecule has 1 aromatic carbocycles. The van der Waals surface area contributed by atoms with Gasteiger partial charge in [0.15, 0.2) is 0 Å². The summed E-state index contributed by atoms with van der Waals surface area (Å²) in [6, 6.07) is 5.67. The molecule has 0 bridgehead atoms. The highest BCUT2D eigenvalue weighted by Gasteiger charge is 2.56. The van der Waals surface area contributed by atoms with E-state index >= 15 is 0 Å². The molecule has 4 heteroatoms. The Hall–Kier alpha value is -1.55. The molecule has 0 aliphatic carbocycles. The van der Waals surface area contributed by atoms with Crippen LogP contribution in [-0.4, -0.2) is 35.6 Å². The Labute approximate surface area is 119 Å². The van der Waals surface area contributed by atoms with Gasteiger partial charge < -0.3 is 14.4 Å². The minimum Gasteiger partial charge on any atom is -0.485 e. The standard InChI is InChI=1S/C16H21NO3/c1-5-17(6-2)15(18)10-7-8-12-11(9-10)13-14(19-13)16(3,4)20-12/h7-9,13-14H,5-6H2,1-4H3/t13?,14-/m0/s1. The Morgan fingerprint density at radius 1 is 1.30 bits per heavy atom. The number of hydrogen-bond donors (Lipinski definition) is 0. The highest BCUT2D eigenvalue weighted by Crippen LogP contribution is 2.53. The second-order valence-electron chi connectivity index (χ2n) is 5.91. The van der Waals surface area contributed by atoms with Crippen molar-refractivity contribution in [1.82, 2.24) is 4.90 Å². The number of ether oxygens (including phenoxy) is 2. The number of rotatable bonds is 3. The largest absolute Gasteiger partial charge is 0.485 e. The third kappa shape index (κ3) is 1.99. The summed E-state index contributed by atoms with van der Waals surface area (Å²) in [6.07, 6.45) is 0.187. The van der Waals surface area contributed by atoms with E-state index in [1.54, 1.807) is 0 Å². The molecule has 3 rings (SSSR count). The van der Waals surface area contributed by atoms with Crippen LogP contribution >= 0.6 is 0 Å². The van der Waals surface area contributed by atoms with E-state index in [9.17, 15) is 4.79 Å². The first kappa shape index (κ1) is 13.4. The Bertz CT molecular complexity index is 549. The predicted molar refractivity (Wildman–Crippen MR) is 76.0 cm³/mol. The third-order valence-electron chi connectivity index (χ3n) is 4.16. The van der Waals surface area contributed by atoms with Crippen LogP contribution in [0.3, 0.4) is 0 Å². The summed E-state index contributed by atoms with van der Waals surface area (Å²) in [6.45, 7) is 9.50. The zero-order valence-electron chi connectivity index (χ0n) is 12.5. The topological polar surface area (TPSA) is 42.1 Å². The highest BCUT2D eigenvalue weighted by molar-refractivity contribution is 5.94. The van der Waals surface area contributed by atoms with Crippen molar-refractivity contribution in [2.24, 2.45) is 0 Å². The van der Waals surface area contributed by atoms with Crippen molar-refractivity contribution in [1.29, 1.82) is 0 Å². The van der Waals surface area contributed by atoms with Crippen molar-refractivity contribution < 1.29 is 14.3 Å². The van der Waals surface area contributed by atoms with Crippen LogP contribution in [0.5, 0.6) is 5.75 Å². The van der Waals surface area contributed by atoms with Crippen LogP contribution in [0, 0.1) is 0 Å². The molecular formula is C16H21NO3. The van der Waals surface area contributed by atoms with E-state index in [4.69, 9.17) is 9.47 Å². The van der Waals surface area contributed by atoms with Crippen LogP contribution < -0.4 is 4.74 Å². The number of epoxide rings is 1. The molecule has 108 valence electrons. The molecule has 2 aliphatic heterocycles. The predicted octanol–water partition coefficient (Wildman–Crippen LogP) is 2.78. The molecule has 0 aromatic heterocycles. The van der Waals surface area contributed by atoms with Crippen molar-refractivity contribution >= 4 is 5.91 Å². The lowest BCUT2D eigenvalue weighted by Gasteiger charge is -2.30. The first-order valence-electron chi connectivity index (χ1n) is 7.25. The Balaban J connectivity index is 1.92. The van der Waals surface area contributed by atoms with Gasteiger partial charge in [0, 0.05) is 24.2 Å². The minimum atomic E-state index is -0.290. The van der Waals surface area contributed by atoms with Crippen molar-refractivity contribution in [2.75, 3.05) is 13.1 Å². The van der Waals surface area contributed by atoms with E-state index in [1.165, 1.54) is 0 Å². The molecule has 1 fully saturated rings. The maximum absolute atomic E-state index is 12.4. The zero-order chi connectivity index (χ0) is 14.5. The first-order chi connectivity index (χ1) is 9.47. The minimum absolute atomic E-state index is 0.0693. The second-order valence-corrected chi connectivity index (χ2v) is 5.91. The number of fused-ring (bicyclic) bond motifs is 3. The molecule has 1 aromatic rings. The summed E-state index contributed by atoms with van der Waals surface area (Å²) < 4.78 is 11.7. The molecule has 1 unspecified atom stereocenters. The normalized spacial score (nSPS) is 25.2. The molecule has 0 radical (unpaired) electrons. The molecule has 20 heavy (non-hydrogen) atoms. The van der Waals surface area contributed by atoms with Crippen LogP contribution in [0.2, 0.25) is 0 Å². The number of benzene rings is 1. The lowest BCUT2D eigenvalue weighted by Crippen LogP contribution is -2.38. The fraction of sp³-hybridized carbons (Fsp3) is 0.562. The Kier molecular flexibility index (Phi) is 3.01. The first-order valence-corrected chi connectivity index (χ1v) is 7.25. The van der Waals surface area contributed by atoms with E-state index in [2.05, 4.69) is 0 Å². The molecule has 1 amide bonds. The number of carbonyl (C=O) groups excluding carboxylic acids is 1. The SMILES string of the molecule is CCN(CC)C(=O)c1ccc2c(c1)C1O[C@@H]1C(C)(C)O2. The van der Waals surface area contributed by atoms with Gasteiger partial charge in [-0.3, -0.25) is 4.79 Å². The van der Waals surface area contributed by atoms with E-state index in [0.29, 0.717) is 5.56 Å². The summed E-state index contributed by atoms with van der Waals surface area (Å²) in [5.74, 6) is 0.907. The fourth-order valence-corrected chi connectivity index (χ4v) is 2.91. The summed E-state index contributed by atoms with van der Waals surface area (Å²) >= 11 is 0. The van der Waals surface area contributed by atoms with Gasteiger partial charge in [-0.2, -0.15) is 0 Å². The van der Waals surface area contributed by atoms with Gasteiger partial charge in [0.1, 0.15) is 23.6 Å². The highest BCUT2D eigenvalue weighted by atomic mass is 16.6. The summed E-state index contributed by atoms with van der Waals surface area (Å²) in [5.41, 5.74) is 1.43. The van der Waals surface area contributed by atoms with E-state index in [1.807, 2.05) is 50.8 Å². The second kappa shape index (κ2) is 4.48. The van der Waals surface area contributed by atoms with Crippen LogP contribution in [-0.2, 0) is 4.74 Å². The average Bonchev–Trinajstić information content (AvgIpc) is 3.21. The molecule has 0 N–H and O–H groups in total.